The summed E-state index contributed by atoms with van der Waals surface area (Å²) in [6.07, 6.45) is 5.87. The maximum absolute atomic E-state index is 13.8. The van der Waals surface area contributed by atoms with Crippen LogP contribution in [0.4, 0.5) is 5.82 Å². The summed E-state index contributed by atoms with van der Waals surface area (Å²) in [7, 11) is 0. The van der Waals surface area contributed by atoms with Crippen LogP contribution in [0.2, 0.25) is 0 Å². The van der Waals surface area contributed by atoms with Crippen LogP contribution < -0.4 is 22.1 Å². The second-order valence-electron chi connectivity index (χ2n) is 9.94. The average molecular weight is 477 g/mol. The number of aryl methyl sites for hydroxylation is 1. The first-order chi connectivity index (χ1) is 17.0. The Morgan fingerprint density at radius 3 is 2.69 bits per heavy atom. The fourth-order valence-electron chi connectivity index (χ4n) is 5.51. The first-order valence-electron chi connectivity index (χ1n) is 12.6. The topological polar surface area (TPSA) is 132 Å². The van der Waals surface area contributed by atoms with E-state index >= 15 is 0 Å². The van der Waals surface area contributed by atoms with Crippen molar-refractivity contribution in [3.8, 4) is 0 Å². The van der Waals surface area contributed by atoms with E-state index in [1.54, 1.807) is 0 Å². The molecule has 186 valence electrons. The Balaban J connectivity index is 1.42. The van der Waals surface area contributed by atoms with Gasteiger partial charge in [-0.2, -0.15) is 5.10 Å². The van der Waals surface area contributed by atoms with E-state index in [1.165, 1.54) is 0 Å². The minimum Gasteiger partial charge on any atom is -0.355 e. The molecule has 2 saturated heterocycles. The summed E-state index contributed by atoms with van der Waals surface area (Å²) in [6, 6.07) is 11.4. The Labute approximate surface area is 206 Å². The van der Waals surface area contributed by atoms with Crippen LogP contribution in [0.15, 0.2) is 42.6 Å². The van der Waals surface area contributed by atoms with Gasteiger partial charge in [0.25, 0.3) is 0 Å². The molecule has 2 fully saturated rings. The molecule has 2 aromatic heterocycles. The number of fused-ring (bicyclic) bond motifs is 1. The Hall–Kier alpha value is -3.01. The largest absolute Gasteiger partial charge is 0.355 e. The second kappa shape index (κ2) is 9.93. The molecule has 1 aromatic carbocycles. The van der Waals surface area contributed by atoms with Crippen molar-refractivity contribution in [1.29, 1.82) is 0 Å². The number of carbonyl (C=O) groups is 1. The number of hydrogen-bond donors (Lipinski definition) is 3. The molecule has 35 heavy (non-hydrogen) atoms. The van der Waals surface area contributed by atoms with Crippen molar-refractivity contribution < 1.29 is 4.79 Å². The van der Waals surface area contributed by atoms with Crippen LogP contribution in [0.5, 0.6) is 0 Å². The Bertz CT molecular complexity index is 1180. The van der Waals surface area contributed by atoms with E-state index < -0.39 is 12.0 Å². The van der Waals surface area contributed by atoms with E-state index in [9.17, 15) is 4.79 Å². The van der Waals surface area contributed by atoms with Crippen molar-refractivity contribution in [3.63, 3.8) is 0 Å². The third kappa shape index (κ3) is 4.63. The molecule has 0 saturated carbocycles. The van der Waals surface area contributed by atoms with Crippen molar-refractivity contribution in [3.05, 3.63) is 59.4 Å². The third-order valence-corrected chi connectivity index (χ3v) is 7.46. The van der Waals surface area contributed by atoms with Crippen LogP contribution >= 0.6 is 0 Å². The highest BCUT2D eigenvalue weighted by molar-refractivity contribution is 5.80. The molecule has 9 heteroatoms. The lowest BCUT2D eigenvalue weighted by Crippen LogP contribution is -2.47. The van der Waals surface area contributed by atoms with Crippen LogP contribution in [0.1, 0.15) is 54.6 Å². The fourth-order valence-corrected chi connectivity index (χ4v) is 5.51. The molecule has 0 spiro atoms. The van der Waals surface area contributed by atoms with Gasteiger partial charge in [-0.3, -0.25) is 4.79 Å². The minimum atomic E-state index is -0.485. The number of nitrogens with zero attached hydrogens (tertiary/aromatic N) is 5. The number of nitrogens with two attached hydrogens (primary N) is 3. The first kappa shape index (κ1) is 23.7. The summed E-state index contributed by atoms with van der Waals surface area (Å²) in [5, 5.41) is 4.86. The average Bonchev–Trinajstić information content (AvgIpc) is 3.50. The van der Waals surface area contributed by atoms with Gasteiger partial charge in [0.15, 0.2) is 5.65 Å². The van der Waals surface area contributed by atoms with E-state index in [0.29, 0.717) is 6.54 Å². The number of aromatic nitrogens is 3. The second-order valence-corrected chi connectivity index (χ2v) is 9.94. The van der Waals surface area contributed by atoms with Gasteiger partial charge in [0.05, 0.1) is 17.7 Å². The Kier molecular flexibility index (Phi) is 6.73. The fraction of sp³-hybridized carbons (Fsp3) is 0.500. The lowest BCUT2D eigenvalue weighted by molar-refractivity contribution is -0.140. The van der Waals surface area contributed by atoms with E-state index in [-0.39, 0.29) is 24.5 Å². The normalized spacial score (nSPS) is 22.5. The molecule has 2 aliphatic rings. The van der Waals surface area contributed by atoms with Crippen molar-refractivity contribution in [2.45, 2.75) is 50.7 Å². The predicted molar refractivity (Wildman–Crippen MR) is 137 cm³/mol. The summed E-state index contributed by atoms with van der Waals surface area (Å²) < 4.78 is 1.83. The van der Waals surface area contributed by atoms with Gasteiger partial charge in [0.1, 0.15) is 5.82 Å². The molecular weight excluding hydrogens is 440 g/mol. The highest BCUT2D eigenvalue weighted by Gasteiger charge is 2.36. The molecule has 5 rings (SSSR count). The van der Waals surface area contributed by atoms with Gasteiger partial charge in [-0.15, -0.1) is 0 Å². The molecule has 2 aliphatic heterocycles. The van der Waals surface area contributed by atoms with Gasteiger partial charge >= 0.3 is 0 Å². The molecule has 0 aliphatic carbocycles. The van der Waals surface area contributed by atoms with Crippen LogP contribution in [-0.2, 0) is 4.79 Å². The van der Waals surface area contributed by atoms with E-state index in [4.69, 9.17) is 27.3 Å². The smallest absolute Gasteiger partial charge is 0.229 e. The highest BCUT2D eigenvalue weighted by Crippen LogP contribution is 2.34. The number of benzene rings is 1. The third-order valence-electron chi connectivity index (χ3n) is 7.46. The van der Waals surface area contributed by atoms with Crippen LogP contribution in [0, 0.1) is 12.8 Å². The zero-order valence-electron chi connectivity index (χ0n) is 20.4. The SMILES string of the molecule is Cc1cn2nc([C@@H]3CCCCN3C(=O)C(CN)C(N)c3ccccc3)cc2nc1N1CC[C@H](N)C1. The number of carbonyl (C=O) groups excluding carboxylic acids is 1. The maximum Gasteiger partial charge on any atom is 0.229 e. The molecular formula is C26H36N8O. The summed E-state index contributed by atoms with van der Waals surface area (Å²) in [6.45, 7) is 4.67. The zero-order chi connectivity index (χ0) is 24.5. The number of rotatable bonds is 6. The quantitative estimate of drug-likeness (QED) is 0.495. The van der Waals surface area contributed by atoms with Gasteiger partial charge in [0, 0.05) is 56.1 Å². The van der Waals surface area contributed by atoms with Crippen LogP contribution in [0.3, 0.4) is 0 Å². The monoisotopic (exact) mass is 476 g/mol. The molecule has 1 amide bonds. The number of piperidine rings is 1. The van der Waals surface area contributed by atoms with E-state index in [2.05, 4.69) is 11.8 Å². The van der Waals surface area contributed by atoms with Crippen molar-refractivity contribution in [2.24, 2.45) is 23.1 Å². The van der Waals surface area contributed by atoms with Gasteiger partial charge < -0.3 is 27.0 Å². The molecule has 3 aromatic rings. The molecule has 4 atom stereocenters. The Morgan fingerprint density at radius 2 is 1.97 bits per heavy atom. The first-order valence-corrected chi connectivity index (χ1v) is 12.6. The minimum absolute atomic E-state index is 0.00138. The summed E-state index contributed by atoms with van der Waals surface area (Å²) in [5.74, 6) is 0.480. The predicted octanol–water partition coefficient (Wildman–Crippen LogP) is 1.90. The van der Waals surface area contributed by atoms with Gasteiger partial charge in [0.2, 0.25) is 5.91 Å². The van der Waals surface area contributed by atoms with E-state index in [1.807, 2.05) is 52.0 Å². The zero-order valence-corrected chi connectivity index (χ0v) is 20.4. The van der Waals surface area contributed by atoms with E-state index in [0.717, 1.165) is 67.1 Å². The van der Waals surface area contributed by atoms with Crippen LogP contribution in [0.25, 0.3) is 5.65 Å². The van der Waals surface area contributed by atoms with Crippen molar-refractivity contribution in [1.82, 2.24) is 19.5 Å². The molecule has 0 bridgehead atoms. The molecule has 4 heterocycles. The number of amides is 1. The summed E-state index contributed by atoms with van der Waals surface area (Å²) in [4.78, 5) is 22.9. The molecule has 0 radical (unpaired) electrons. The van der Waals surface area contributed by atoms with Crippen molar-refractivity contribution in [2.75, 3.05) is 31.1 Å². The van der Waals surface area contributed by atoms with Crippen molar-refractivity contribution >= 4 is 17.4 Å². The highest BCUT2D eigenvalue weighted by atomic mass is 16.2. The Morgan fingerprint density at radius 1 is 1.17 bits per heavy atom. The van der Waals surface area contributed by atoms with Crippen LogP contribution in [-0.4, -0.2) is 57.6 Å². The standard InChI is InChI=1S/C26H36N8O/c1-17-15-34-23(30-25(17)32-12-10-19(28)16-32)13-21(31-34)22-9-5-6-11-33(22)26(35)20(14-27)24(29)18-7-3-2-4-8-18/h2-4,7-8,13,15,19-20,22,24H,5-6,9-12,14,16,27-29H2,1H3/t19-,20?,22-,24?/m0/s1. The van der Waals surface area contributed by atoms with Gasteiger partial charge in [-0.1, -0.05) is 30.3 Å². The lowest BCUT2D eigenvalue weighted by atomic mass is 9.90. The number of anilines is 1. The number of likely N-dealkylation sites (tertiary alicyclic amines) is 1. The lowest BCUT2D eigenvalue weighted by Gasteiger charge is -2.38. The molecule has 2 unspecified atom stereocenters. The van der Waals surface area contributed by atoms with Gasteiger partial charge in [-0.25, -0.2) is 9.50 Å². The molecule has 6 N–H and O–H groups in total. The number of hydrogen-bond acceptors (Lipinski definition) is 7. The van der Waals surface area contributed by atoms with Gasteiger partial charge in [-0.05, 0) is 38.2 Å². The molecule has 9 nitrogen and oxygen atoms in total. The maximum atomic E-state index is 13.8. The summed E-state index contributed by atoms with van der Waals surface area (Å²) in [5.41, 5.74) is 22.4. The summed E-state index contributed by atoms with van der Waals surface area (Å²) >= 11 is 0.